The molecular formula is C11H13N3O2S2. The Hall–Kier alpha value is -1.44. The number of sulfonamides is 1. The molecule has 1 aromatic carbocycles. The van der Waals surface area contributed by atoms with E-state index in [2.05, 4.69) is 9.71 Å². The maximum absolute atomic E-state index is 11.9. The molecule has 96 valence electrons. The van der Waals surface area contributed by atoms with Crippen LogP contribution in [0.15, 0.2) is 34.7 Å². The Morgan fingerprint density at radius 1 is 1.33 bits per heavy atom. The van der Waals surface area contributed by atoms with Crippen molar-refractivity contribution in [3.05, 3.63) is 41.0 Å². The van der Waals surface area contributed by atoms with Crippen LogP contribution in [0.25, 0.3) is 0 Å². The van der Waals surface area contributed by atoms with Crippen molar-refractivity contribution in [1.29, 1.82) is 0 Å². The summed E-state index contributed by atoms with van der Waals surface area (Å²) in [6.45, 7) is 2.00. The summed E-state index contributed by atoms with van der Waals surface area (Å²) >= 11 is 1.15. The van der Waals surface area contributed by atoms with E-state index in [1.165, 1.54) is 6.20 Å². The van der Waals surface area contributed by atoms with Gasteiger partial charge in [-0.25, -0.2) is 18.1 Å². The van der Waals surface area contributed by atoms with Crippen LogP contribution in [0.1, 0.15) is 10.6 Å². The highest BCUT2D eigenvalue weighted by Gasteiger charge is 2.16. The molecule has 0 spiro atoms. The Morgan fingerprint density at radius 3 is 2.56 bits per heavy atom. The number of nitrogens with two attached hydrogens (primary N) is 1. The summed E-state index contributed by atoms with van der Waals surface area (Å²) in [6.07, 6.45) is 1.37. The Labute approximate surface area is 110 Å². The summed E-state index contributed by atoms with van der Waals surface area (Å²) < 4.78 is 26.6. The quantitative estimate of drug-likeness (QED) is 0.833. The molecule has 7 heteroatoms. The van der Waals surface area contributed by atoms with Crippen LogP contribution < -0.4 is 10.5 Å². The van der Waals surface area contributed by atoms with Gasteiger partial charge in [-0.15, -0.1) is 11.3 Å². The lowest BCUT2D eigenvalue weighted by Crippen LogP contribution is -2.22. The van der Waals surface area contributed by atoms with Gasteiger partial charge in [0.15, 0.2) is 4.21 Å². The van der Waals surface area contributed by atoms with Gasteiger partial charge in [0, 0.05) is 12.2 Å². The molecule has 5 nitrogen and oxygen atoms in total. The molecule has 2 aromatic rings. The summed E-state index contributed by atoms with van der Waals surface area (Å²) in [7, 11) is -3.47. The van der Waals surface area contributed by atoms with E-state index in [0.717, 1.165) is 21.9 Å². The molecule has 0 aliphatic rings. The normalized spacial score (nSPS) is 11.6. The molecule has 0 unspecified atom stereocenters. The van der Waals surface area contributed by atoms with Crippen LogP contribution in [0.5, 0.6) is 0 Å². The molecule has 0 saturated heterocycles. The first kappa shape index (κ1) is 13.0. The minimum absolute atomic E-state index is 0.232. The fraction of sp³-hybridized carbons (Fsp3) is 0.182. The van der Waals surface area contributed by atoms with Crippen LogP contribution in [0.3, 0.4) is 0 Å². The molecule has 0 bridgehead atoms. The average Bonchev–Trinajstić information content (AvgIpc) is 2.76. The van der Waals surface area contributed by atoms with Crippen molar-refractivity contribution < 1.29 is 8.42 Å². The molecule has 0 aliphatic heterocycles. The van der Waals surface area contributed by atoms with Crippen molar-refractivity contribution in [2.75, 3.05) is 5.73 Å². The monoisotopic (exact) mass is 283 g/mol. The average molecular weight is 283 g/mol. The van der Waals surface area contributed by atoms with E-state index in [9.17, 15) is 8.42 Å². The minimum Gasteiger partial charge on any atom is -0.399 e. The summed E-state index contributed by atoms with van der Waals surface area (Å²) in [4.78, 5) is 3.93. The maximum Gasteiger partial charge on any atom is 0.251 e. The van der Waals surface area contributed by atoms with Crippen LogP contribution in [0.2, 0.25) is 0 Å². The molecule has 0 aliphatic carbocycles. The molecule has 3 N–H and O–H groups in total. The smallest absolute Gasteiger partial charge is 0.251 e. The highest BCUT2D eigenvalue weighted by Crippen LogP contribution is 2.17. The van der Waals surface area contributed by atoms with E-state index >= 15 is 0 Å². The van der Waals surface area contributed by atoms with Gasteiger partial charge < -0.3 is 5.73 Å². The van der Waals surface area contributed by atoms with E-state index in [-0.39, 0.29) is 10.8 Å². The van der Waals surface area contributed by atoms with Gasteiger partial charge in [0.05, 0.1) is 11.2 Å². The summed E-state index contributed by atoms with van der Waals surface area (Å²) in [6, 6.07) is 7.05. The fourth-order valence-corrected chi connectivity index (χ4v) is 3.52. The van der Waals surface area contributed by atoms with Gasteiger partial charge in [-0.1, -0.05) is 12.1 Å². The molecule has 0 atom stereocenters. The highest BCUT2D eigenvalue weighted by atomic mass is 32.2. The van der Waals surface area contributed by atoms with Crippen LogP contribution in [0, 0.1) is 6.92 Å². The number of aromatic nitrogens is 1. The molecular weight excluding hydrogens is 270 g/mol. The summed E-state index contributed by atoms with van der Waals surface area (Å²) in [5.74, 6) is 0. The van der Waals surface area contributed by atoms with Crippen LogP contribution in [0.4, 0.5) is 5.69 Å². The number of nitrogens with one attached hydrogen (secondary N) is 1. The number of hydrogen-bond donors (Lipinski definition) is 2. The largest absolute Gasteiger partial charge is 0.399 e. The third kappa shape index (κ3) is 3.06. The van der Waals surface area contributed by atoms with Crippen molar-refractivity contribution in [3.63, 3.8) is 0 Å². The molecule has 0 fully saturated rings. The number of nitrogens with zero attached hydrogens (tertiary/aromatic N) is 1. The van der Waals surface area contributed by atoms with E-state index in [1.54, 1.807) is 31.2 Å². The third-order valence-electron chi connectivity index (χ3n) is 2.31. The number of anilines is 1. The van der Waals surface area contributed by atoms with Crippen LogP contribution >= 0.6 is 11.3 Å². The first-order valence-electron chi connectivity index (χ1n) is 5.24. The van der Waals surface area contributed by atoms with Gasteiger partial charge in [-0.05, 0) is 24.6 Å². The van der Waals surface area contributed by atoms with Gasteiger partial charge in [-0.2, -0.15) is 0 Å². The molecule has 0 saturated carbocycles. The molecule has 1 aromatic heterocycles. The number of aryl methyl sites for hydroxylation is 1. The Bertz CT molecular complexity index is 633. The zero-order valence-corrected chi connectivity index (χ0v) is 11.4. The van der Waals surface area contributed by atoms with Crippen molar-refractivity contribution in [3.8, 4) is 0 Å². The molecule has 1 heterocycles. The molecule has 2 rings (SSSR count). The van der Waals surface area contributed by atoms with Crippen LogP contribution in [-0.2, 0) is 16.6 Å². The zero-order chi connectivity index (χ0) is 13.2. The second kappa shape index (κ2) is 5.05. The first-order valence-corrected chi connectivity index (χ1v) is 7.54. The lowest BCUT2D eigenvalue weighted by Gasteiger charge is -2.04. The summed E-state index contributed by atoms with van der Waals surface area (Å²) in [5.41, 5.74) is 7.07. The van der Waals surface area contributed by atoms with Gasteiger partial charge >= 0.3 is 0 Å². The van der Waals surface area contributed by atoms with Crippen molar-refractivity contribution in [2.24, 2.45) is 0 Å². The topological polar surface area (TPSA) is 85.1 Å². The maximum atomic E-state index is 11.9. The number of benzene rings is 1. The van der Waals surface area contributed by atoms with Gasteiger partial charge in [0.25, 0.3) is 10.0 Å². The van der Waals surface area contributed by atoms with E-state index < -0.39 is 10.0 Å². The zero-order valence-electron chi connectivity index (χ0n) is 9.75. The highest BCUT2D eigenvalue weighted by molar-refractivity contribution is 7.91. The van der Waals surface area contributed by atoms with Gasteiger partial charge in [0.1, 0.15) is 0 Å². The fourth-order valence-electron chi connectivity index (χ4n) is 1.35. The number of rotatable bonds is 4. The Morgan fingerprint density at radius 2 is 2.00 bits per heavy atom. The predicted molar refractivity (Wildman–Crippen MR) is 71.7 cm³/mol. The second-order valence-corrected chi connectivity index (χ2v) is 6.99. The van der Waals surface area contributed by atoms with Gasteiger partial charge in [0.2, 0.25) is 0 Å². The summed E-state index contributed by atoms with van der Waals surface area (Å²) in [5, 5.41) is 0.725. The van der Waals surface area contributed by atoms with Crippen molar-refractivity contribution in [1.82, 2.24) is 9.71 Å². The van der Waals surface area contributed by atoms with Crippen molar-refractivity contribution in [2.45, 2.75) is 17.7 Å². The van der Waals surface area contributed by atoms with Gasteiger partial charge in [-0.3, -0.25) is 0 Å². The number of nitrogen functional groups attached to an aromatic ring is 1. The van der Waals surface area contributed by atoms with E-state index in [4.69, 9.17) is 5.73 Å². The van der Waals surface area contributed by atoms with E-state index in [1.807, 2.05) is 0 Å². The molecule has 18 heavy (non-hydrogen) atoms. The minimum atomic E-state index is -3.47. The number of thiazole rings is 1. The lowest BCUT2D eigenvalue weighted by atomic mass is 10.2. The second-order valence-electron chi connectivity index (χ2n) is 3.76. The molecule has 0 amide bonds. The van der Waals surface area contributed by atoms with E-state index in [0.29, 0.717) is 5.69 Å². The lowest BCUT2D eigenvalue weighted by molar-refractivity contribution is 0.583. The Kier molecular flexibility index (Phi) is 3.65. The number of hydrogen-bond acceptors (Lipinski definition) is 5. The first-order chi connectivity index (χ1) is 8.47. The molecule has 0 radical (unpaired) electrons. The van der Waals surface area contributed by atoms with Crippen LogP contribution in [-0.4, -0.2) is 13.4 Å². The third-order valence-corrected chi connectivity index (χ3v) is 5.09. The SMILES string of the molecule is Cc1ncc(S(=O)(=O)NCc2ccc(N)cc2)s1. The standard InChI is InChI=1S/C11H13N3O2S2/c1-8-13-7-11(17-8)18(15,16)14-6-9-2-4-10(12)5-3-9/h2-5,7,14H,6,12H2,1H3. The van der Waals surface area contributed by atoms with Crippen molar-refractivity contribution >= 4 is 27.0 Å². The predicted octanol–water partition coefficient (Wildman–Crippen LogP) is 1.51. The Balaban J connectivity index is 2.08.